The lowest BCUT2D eigenvalue weighted by Crippen LogP contribution is -2.15. The van der Waals surface area contributed by atoms with Crippen LogP contribution in [0.2, 0.25) is 0 Å². The fourth-order valence-corrected chi connectivity index (χ4v) is 2.20. The number of amides is 1. The molecule has 0 radical (unpaired) electrons. The number of carbonyl (C=O) groups is 1. The molecule has 2 aromatic carbocycles. The van der Waals surface area contributed by atoms with E-state index >= 15 is 0 Å². The summed E-state index contributed by atoms with van der Waals surface area (Å²) in [6, 6.07) is 9.41. The van der Waals surface area contributed by atoms with Gasteiger partial charge in [0.25, 0.3) is 5.91 Å². The van der Waals surface area contributed by atoms with Gasteiger partial charge in [-0.15, -0.1) is 0 Å². The molecule has 0 atom stereocenters. The van der Waals surface area contributed by atoms with Gasteiger partial charge in [-0.25, -0.2) is 18.7 Å². The molecule has 3 rings (SSSR count). The number of nitrogen functional groups attached to an aromatic ring is 1. The minimum atomic E-state index is -0.525. The van der Waals surface area contributed by atoms with Gasteiger partial charge in [0, 0.05) is 17.4 Å². The summed E-state index contributed by atoms with van der Waals surface area (Å²) in [4.78, 5) is 19.8. The predicted octanol–water partition coefficient (Wildman–Crippen LogP) is 3.26. The lowest BCUT2D eigenvalue weighted by atomic mass is 10.0. The third-order valence-electron chi connectivity index (χ3n) is 3.37. The smallest absolute Gasteiger partial charge is 0.261 e. The fourth-order valence-electron chi connectivity index (χ4n) is 2.20. The van der Waals surface area contributed by atoms with Gasteiger partial charge in [-0.3, -0.25) is 4.79 Å². The first-order valence-corrected chi connectivity index (χ1v) is 6.97. The van der Waals surface area contributed by atoms with Crippen molar-refractivity contribution in [2.75, 3.05) is 11.1 Å². The molecule has 24 heavy (non-hydrogen) atoms. The highest BCUT2D eigenvalue weighted by molar-refractivity contribution is 6.08. The van der Waals surface area contributed by atoms with Gasteiger partial charge in [0.1, 0.15) is 29.3 Å². The Kier molecular flexibility index (Phi) is 4.15. The van der Waals surface area contributed by atoms with Crippen molar-refractivity contribution in [1.29, 1.82) is 0 Å². The van der Waals surface area contributed by atoms with Gasteiger partial charge in [0.05, 0.1) is 0 Å². The summed E-state index contributed by atoms with van der Waals surface area (Å²) in [5.74, 6) is -1.37. The molecule has 0 unspecified atom stereocenters. The van der Waals surface area contributed by atoms with Crippen molar-refractivity contribution in [2.45, 2.75) is 0 Å². The topological polar surface area (TPSA) is 80.9 Å². The van der Waals surface area contributed by atoms with E-state index in [1.807, 2.05) is 0 Å². The average Bonchev–Trinajstić information content (AvgIpc) is 2.57. The molecule has 120 valence electrons. The molecule has 5 nitrogen and oxygen atoms in total. The van der Waals surface area contributed by atoms with Crippen LogP contribution in [0.3, 0.4) is 0 Å². The molecular weight excluding hydrogens is 314 g/mol. The minimum Gasteiger partial charge on any atom is -0.383 e. The summed E-state index contributed by atoms with van der Waals surface area (Å²) < 4.78 is 26.7. The van der Waals surface area contributed by atoms with Gasteiger partial charge in [0.2, 0.25) is 0 Å². The van der Waals surface area contributed by atoms with Crippen LogP contribution >= 0.6 is 0 Å². The number of nitrogens with zero attached hydrogens (tertiary/aromatic N) is 2. The monoisotopic (exact) mass is 326 g/mol. The zero-order chi connectivity index (χ0) is 17.1. The molecule has 1 aromatic heterocycles. The Balaban J connectivity index is 1.98. The second-order valence-electron chi connectivity index (χ2n) is 4.97. The van der Waals surface area contributed by atoms with E-state index in [4.69, 9.17) is 5.73 Å². The van der Waals surface area contributed by atoms with Crippen LogP contribution in [0.4, 0.5) is 20.3 Å². The zero-order valence-corrected chi connectivity index (χ0v) is 12.3. The molecule has 0 saturated heterocycles. The second kappa shape index (κ2) is 6.41. The van der Waals surface area contributed by atoms with Gasteiger partial charge in [-0.05, 0) is 35.9 Å². The first kappa shape index (κ1) is 15.5. The Morgan fingerprint density at radius 1 is 1.04 bits per heavy atom. The lowest BCUT2D eigenvalue weighted by molar-refractivity contribution is 0.102. The summed E-state index contributed by atoms with van der Waals surface area (Å²) >= 11 is 0. The van der Waals surface area contributed by atoms with Crippen molar-refractivity contribution < 1.29 is 13.6 Å². The van der Waals surface area contributed by atoms with E-state index in [-0.39, 0.29) is 11.4 Å². The van der Waals surface area contributed by atoms with E-state index in [0.717, 1.165) is 0 Å². The number of halogens is 2. The van der Waals surface area contributed by atoms with Crippen molar-refractivity contribution in [3.8, 4) is 11.1 Å². The van der Waals surface area contributed by atoms with E-state index in [1.165, 1.54) is 55.0 Å². The second-order valence-corrected chi connectivity index (χ2v) is 4.97. The fraction of sp³-hybridized carbons (Fsp3) is 0. The number of benzene rings is 2. The molecule has 0 aliphatic carbocycles. The standard InChI is InChI=1S/C17H12F2N4O/c18-11-3-1-10(2-4-11)13-7-12(19)5-6-15(13)23-17(24)14-8-21-9-22-16(14)20/h1-9H,(H,23,24)(H2,20,21,22). The first-order valence-electron chi connectivity index (χ1n) is 6.97. The third kappa shape index (κ3) is 3.19. The Morgan fingerprint density at radius 3 is 2.46 bits per heavy atom. The van der Waals surface area contributed by atoms with Gasteiger partial charge >= 0.3 is 0 Å². The Bertz CT molecular complexity index is 897. The van der Waals surface area contributed by atoms with Gasteiger partial charge < -0.3 is 11.1 Å². The Morgan fingerprint density at radius 2 is 1.75 bits per heavy atom. The number of rotatable bonds is 3. The molecule has 7 heteroatoms. The highest BCUT2D eigenvalue weighted by Crippen LogP contribution is 2.29. The summed E-state index contributed by atoms with van der Waals surface area (Å²) in [6.45, 7) is 0. The lowest BCUT2D eigenvalue weighted by Gasteiger charge is -2.12. The van der Waals surface area contributed by atoms with Crippen LogP contribution in [0.5, 0.6) is 0 Å². The normalized spacial score (nSPS) is 10.4. The van der Waals surface area contributed by atoms with Crippen molar-refractivity contribution in [1.82, 2.24) is 9.97 Å². The third-order valence-corrected chi connectivity index (χ3v) is 3.37. The van der Waals surface area contributed by atoms with Crippen molar-refractivity contribution in [2.24, 2.45) is 0 Å². The van der Waals surface area contributed by atoms with E-state index in [1.54, 1.807) is 0 Å². The Hall–Kier alpha value is -3.35. The number of nitrogens with one attached hydrogen (secondary N) is 1. The number of anilines is 2. The molecule has 0 fully saturated rings. The van der Waals surface area contributed by atoms with Crippen LogP contribution in [0.25, 0.3) is 11.1 Å². The molecule has 0 spiro atoms. The number of hydrogen-bond acceptors (Lipinski definition) is 4. The average molecular weight is 326 g/mol. The first-order chi connectivity index (χ1) is 11.5. The maximum absolute atomic E-state index is 13.6. The van der Waals surface area contributed by atoms with Crippen LogP contribution in [-0.2, 0) is 0 Å². The summed E-state index contributed by atoms with van der Waals surface area (Å²) in [6.07, 6.45) is 2.52. The van der Waals surface area contributed by atoms with Gasteiger partial charge in [-0.2, -0.15) is 0 Å². The molecule has 3 aromatic rings. The van der Waals surface area contributed by atoms with Crippen LogP contribution in [0.1, 0.15) is 10.4 Å². The van der Waals surface area contributed by atoms with E-state index in [0.29, 0.717) is 16.8 Å². The molecule has 1 amide bonds. The summed E-state index contributed by atoms with van der Waals surface area (Å²) in [7, 11) is 0. The van der Waals surface area contributed by atoms with Gasteiger partial charge in [-0.1, -0.05) is 12.1 Å². The highest BCUT2D eigenvalue weighted by atomic mass is 19.1. The van der Waals surface area contributed by atoms with Crippen LogP contribution in [-0.4, -0.2) is 15.9 Å². The largest absolute Gasteiger partial charge is 0.383 e. The summed E-state index contributed by atoms with van der Waals surface area (Å²) in [5.41, 5.74) is 7.09. The molecule has 0 aliphatic heterocycles. The van der Waals surface area contributed by atoms with E-state index in [2.05, 4.69) is 15.3 Å². The van der Waals surface area contributed by atoms with Crippen LogP contribution in [0, 0.1) is 11.6 Å². The molecule has 0 bridgehead atoms. The zero-order valence-electron chi connectivity index (χ0n) is 12.3. The molecule has 1 heterocycles. The maximum Gasteiger partial charge on any atom is 0.261 e. The molecule has 0 saturated carbocycles. The van der Waals surface area contributed by atoms with Crippen molar-refractivity contribution in [3.05, 3.63) is 72.2 Å². The van der Waals surface area contributed by atoms with E-state index in [9.17, 15) is 13.6 Å². The number of aromatic nitrogens is 2. The Labute approximate surface area is 136 Å². The van der Waals surface area contributed by atoms with Crippen LogP contribution in [0.15, 0.2) is 55.0 Å². The van der Waals surface area contributed by atoms with Crippen molar-refractivity contribution in [3.63, 3.8) is 0 Å². The summed E-state index contributed by atoms with van der Waals surface area (Å²) in [5, 5.41) is 2.65. The highest BCUT2D eigenvalue weighted by Gasteiger charge is 2.14. The van der Waals surface area contributed by atoms with Crippen LogP contribution < -0.4 is 11.1 Å². The van der Waals surface area contributed by atoms with E-state index < -0.39 is 17.5 Å². The van der Waals surface area contributed by atoms with Crippen molar-refractivity contribution >= 4 is 17.4 Å². The quantitative estimate of drug-likeness (QED) is 0.774. The van der Waals surface area contributed by atoms with Gasteiger partial charge in [0.15, 0.2) is 0 Å². The SMILES string of the molecule is Nc1ncncc1C(=O)Nc1ccc(F)cc1-c1ccc(F)cc1. The molecule has 3 N–H and O–H groups in total. The number of nitrogens with two attached hydrogens (primary N) is 1. The molecular formula is C17H12F2N4O. The number of carbonyl (C=O) groups excluding carboxylic acids is 1. The minimum absolute atomic E-state index is 0.0351. The molecule has 0 aliphatic rings. The number of hydrogen-bond donors (Lipinski definition) is 2. The predicted molar refractivity (Wildman–Crippen MR) is 86.2 cm³/mol. The maximum atomic E-state index is 13.6.